The Labute approximate surface area is 198 Å². The predicted octanol–water partition coefficient (Wildman–Crippen LogP) is 4.48. The van der Waals surface area contributed by atoms with E-state index in [-0.39, 0.29) is 17.8 Å². The third-order valence-electron chi connectivity index (χ3n) is 5.47. The fraction of sp³-hybridized carbons (Fsp3) is 0.160. The number of carbonyl (C=O) groups excluding carboxylic acids is 2. The van der Waals surface area contributed by atoms with Crippen LogP contribution < -0.4 is 15.5 Å². The van der Waals surface area contributed by atoms with Gasteiger partial charge >= 0.3 is 12.2 Å². The third kappa shape index (κ3) is 5.16. The summed E-state index contributed by atoms with van der Waals surface area (Å²) in [6, 6.07) is 16.4. The summed E-state index contributed by atoms with van der Waals surface area (Å²) in [7, 11) is 1.52. The molecule has 0 radical (unpaired) electrons. The largest absolute Gasteiger partial charge is 0.416 e. The minimum Gasteiger partial charge on any atom is -0.334 e. The standard InChI is InChI=1S/C25H20F4N4O2/c1-33-20-9-5-3-7-18(20)21(17-6-2-4-8-19(17)26)31-22(23(33)34)32-24(35)30-14-15-10-12-16(13-11-15)25(27,28)29/h2-13,22H,14H2,1H3,(H2,30,32,35). The molecule has 1 aliphatic rings. The zero-order valence-electron chi connectivity index (χ0n) is 18.4. The van der Waals surface area contributed by atoms with Crippen LogP contribution in [0.4, 0.5) is 28.0 Å². The van der Waals surface area contributed by atoms with Crippen LogP contribution in [0.5, 0.6) is 0 Å². The molecule has 0 fully saturated rings. The number of anilines is 1. The van der Waals surface area contributed by atoms with Crippen LogP contribution >= 0.6 is 0 Å². The van der Waals surface area contributed by atoms with E-state index in [1.54, 1.807) is 30.3 Å². The summed E-state index contributed by atoms with van der Waals surface area (Å²) in [4.78, 5) is 31.4. The molecule has 10 heteroatoms. The summed E-state index contributed by atoms with van der Waals surface area (Å²) in [6.45, 7) is -0.0785. The van der Waals surface area contributed by atoms with E-state index in [1.165, 1.54) is 42.3 Å². The predicted molar refractivity (Wildman–Crippen MR) is 122 cm³/mol. The summed E-state index contributed by atoms with van der Waals surface area (Å²) in [5.41, 5.74) is 1.01. The number of likely N-dealkylation sites (N-methyl/N-ethyl adjacent to an activating group) is 1. The number of hydrogen-bond acceptors (Lipinski definition) is 3. The molecule has 180 valence electrons. The quantitative estimate of drug-likeness (QED) is 0.536. The second kappa shape index (κ2) is 9.57. The van der Waals surface area contributed by atoms with Gasteiger partial charge in [0.15, 0.2) is 0 Å². The number of para-hydroxylation sites is 1. The van der Waals surface area contributed by atoms with Gasteiger partial charge in [0.1, 0.15) is 5.82 Å². The zero-order valence-corrected chi connectivity index (χ0v) is 18.4. The van der Waals surface area contributed by atoms with E-state index < -0.39 is 35.7 Å². The first kappa shape index (κ1) is 23.9. The van der Waals surface area contributed by atoms with E-state index >= 15 is 0 Å². The highest BCUT2D eigenvalue weighted by atomic mass is 19.4. The van der Waals surface area contributed by atoms with Crippen molar-refractivity contribution in [2.24, 2.45) is 4.99 Å². The first-order valence-electron chi connectivity index (χ1n) is 10.6. The Morgan fingerprint density at radius 3 is 2.26 bits per heavy atom. The van der Waals surface area contributed by atoms with Crippen molar-refractivity contribution in [1.29, 1.82) is 0 Å². The van der Waals surface area contributed by atoms with Crippen LogP contribution in [-0.4, -0.2) is 30.9 Å². The number of carbonyl (C=O) groups is 2. The van der Waals surface area contributed by atoms with Crippen LogP contribution in [0, 0.1) is 5.82 Å². The second-order valence-electron chi connectivity index (χ2n) is 7.80. The average molecular weight is 484 g/mol. The number of rotatable bonds is 4. The highest BCUT2D eigenvalue weighted by molar-refractivity contribution is 6.20. The molecule has 1 aliphatic heterocycles. The molecular formula is C25H20F4N4O2. The van der Waals surface area contributed by atoms with Crippen LogP contribution in [0.2, 0.25) is 0 Å². The normalized spacial score (nSPS) is 15.7. The van der Waals surface area contributed by atoms with E-state index in [9.17, 15) is 27.2 Å². The number of urea groups is 1. The van der Waals surface area contributed by atoms with Gasteiger partial charge in [0.2, 0.25) is 6.17 Å². The molecule has 1 heterocycles. The van der Waals surface area contributed by atoms with Crippen molar-refractivity contribution in [2.45, 2.75) is 18.9 Å². The van der Waals surface area contributed by atoms with Crippen LogP contribution in [0.25, 0.3) is 0 Å². The lowest BCUT2D eigenvalue weighted by molar-refractivity contribution is -0.137. The van der Waals surface area contributed by atoms with Crippen molar-refractivity contribution in [3.8, 4) is 0 Å². The number of nitrogens with one attached hydrogen (secondary N) is 2. The number of halogens is 4. The zero-order chi connectivity index (χ0) is 25.2. The first-order valence-corrected chi connectivity index (χ1v) is 10.6. The minimum absolute atomic E-state index is 0.0785. The van der Waals surface area contributed by atoms with Crippen LogP contribution in [-0.2, 0) is 17.5 Å². The fourth-order valence-electron chi connectivity index (χ4n) is 3.65. The minimum atomic E-state index is -4.46. The Bertz CT molecular complexity index is 1290. The van der Waals surface area contributed by atoms with E-state index in [2.05, 4.69) is 15.6 Å². The van der Waals surface area contributed by atoms with Crippen LogP contribution in [0.1, 0.15) is 22.3 Å². The van der Waals surface area contributed by atoms with E-state index in [4.69, 9.17) is 0 Å². The molecule has 1 unspecified atom stereocenters. The molecule has 3 aromatic rings. The van der Waals surface area contributed by atoms with Crippen molar-refractivity contribution < 1.29 is 27.2 Å². The van der Waals surface area contributed by atoms with Crippen molar-refractivity contribution in [3.05, 3.63) is 101 Å². The molecule has 0 aromatic heterocycles. The number of amides is 3. The maximum atomic E-state index is 14.6. The molecule has 0 aliphatic carbocycles. The Morgan fingerprint density at radius 2 is 1.60 bits per heavy atom. The molecule has 0 saturated heterocycles. The Morgan fingerprint density at radius 1 is 0.971 bits per heavy atom. The van der Waals surface area contributed by atoms with Crippen molar-refractivity contribution in [3.63, 3.8) is 0 Å². The van der Waals surface area contributed by atoms with Crippen molar-refractivity contribution in [1.82, 2.24) is 10.6 Å². The van der Waals surface area contributed by atoms with Crippen LogP contribution in [0.3, 0.4) is 0 Å². The number of fused-ring (bicyclic) bond motifs is 1. The summed E-state index contributed by atoms with van der Waals surface area (Å²) in [5.74, 6) is -1.09. The van der Waals surface area contributed by atoms with Gasteiger partial charge in [-0.15, -0.1) is 0 Å². The lowest BCUT2D eigenvalue weighted by atomic mass is 10.00. The van der Waals surface area contributed by atoms with Gasteiger partial charge in [-0.25, -0.2) is 14.2 Å². The second-order valence-corrected chi connectivity index (χ2v) is 7.80. The van der Waals surface area contributed by atoms with E-state index in [0.717, 1.165) is 12.1 Å². The molecule has 4 rings (SSSR count). The van der Waals surface area contributed by atoms with Crippen molar-refractivity contribution >= 4 is 23.3 Å². The van der Waals surface area contributed by atoms with E-state index in [0.29, 0.717) is 16.8 Å². The number of alkyl halides is 3. The van der Waals surface area contributed by atoms with Gasteiger partial charge in [-0.2, -0.15) is 13.2 Å². The molecule has 3 amide bonds. The Kier molecular flexibility index (Phi) is 6.54. The Hall–Kier alpha value is -4.21. The van der Waals surface area contributed by atoms with Crippen molar-refractivity contribution in [2.75, 3.05) is 11.9 Å². The highest BCUT2D eigenvalue weighted by Crippen LogP contribution is 2.29. The molecule has 0 bridgehead atoms. The molecule has 3 aromatic carbocycles. The lowest BCUT2D eigenvalue weighted by Crippen LogP contribution is -2.49. The summed E-state index contributed by atoms with van der Waals surface area (Å²) < 4.78 is 52.8. The fourth-order valence-corrected chi connectivity index (χ4v) is 3.65. The van der Waals surface area contributed by atoms with Gasteiger partial charge in [-0.1, -0.05) is 42.5 Å². The number of nitrogens with zero attached hydrogens (tertiary/aromatic N) is 2. The smallest absolute Gasteiger partial charge is 0.334 e. The maximum Gasteiger partial charge on any atom is 0.416 e. The maximum absolute atomic E-state index is 14.6. The molecule has 35 heavy (non-hydrogen) atoms. The topological polar surface area (TPSA) is 73.8 Å². The van der Waals surface area contributed by atoms with Gasteiger partial charge < -0.3 is 15.5 Å². The Balaban J connectivity index is 1.57. The average Bonchev–Trinajstić information content (AvgIpc) is 2.94. The molecule has 6 nitrogen and oxygen atoms in total. The monoisotopic (exact) mass is 484 g/mol. The molecular weight excluding hydrogens is 464 g/mol. The number of hydrogen-bond donors (Lipinski definition) is 2. The molecule has 2 N–H and O–H groups in total. The van der Waals surface area contributed by atoms with E-state index in [1.807, 2.05) is 0 Å². The summed E-state index contributed by atoms with van der Waals surface area (Å²) in [6.07, 6.45) is -5.82. The lowest BCUT2D eigenvalue weighted by Gasteiger charge is -2.21. The SMILES string of the molecule is CN1C(=O)C(NC(=O)NCc2ccc(C(F)(F)F)cc2)N=C(c2ccccc2F)c2ccccc21. The first-order chi connectivity index (χ1) is 16.6. The van der Waals surface area contributed by atoms with Gasteiger partial charge in [-0.3, -0.25) is 4.79 Å². The number of benzene rings is 3. The summed E-state index contributed by atoms with van der Waals surface area (Å²) in [5, 5.41) is 4.97. The van der Waals surface area contributed by atoms with Gasteiger partial charge in [-0.05, 0) is 35.9 Å². The summed E-state index contributed by atoms with van der Waals surface area (Å²) >= 11 is 0. The molecule has 0 spiro atoms. The number of benzodiazepines with no additional fused rings is 1. The van der Waals surface area contributed by atoms with Gasteiger partial charge in [0.05, 0.1) is 17.0 Å². The van der Waals surface area contributed by atoms with Crippen LogP contribution in [0.15, 0.2) is 77.8 Å². The van der Waals surface area contributed by atoms with Gasteiger partial charge in [0.25, 0.3) is 5.91 Å². The molecule has 1 atom stereocenters. The third-order valence-corrected chi connectivity index (χ3v) is 5.47. The number of aliphatic imine (C=N–C) groups is 1. The van der Waals surface area contributed by atoms with Gasteiger partial charge in [0, 0.05) is 24.7 Å². The highest BCUT2D eigenvalue weighted by Gasteiger charge is 2.32. The molecule has 0 saturated carbocycles.